The van der Waals surface area contributed by atoms with Gasteiger partial charge in [-0.2, -0.15) is 0 Å². The van der Waals surface area contributed by atoms with Gasteiger partial charge in [0, 0.05) is 19.0 Å². The zero-order valence-electron chi connectivity index (χ0n) is 11.4. The van der Waals surface area contributed by atoms with Gasteiger partial charge in [0.05, 0.1) is 12.2 Å². The van der Waals surface area contributed by atoms with E-state index in [0.29, 0.717) is 30.1 Å². The average Bonchev–Trinajstić information content (AvgIpc) is 3.00. The van der Waals surface area contributed by atoms with E-state index < -0.39 is 5.97 Å². The first kappa shape index (κ1) is 15.2. The van der Waals surface area contributed by atoms with Crippen LogP contribution in [0.1, 0.15) is 33.2 Å². The summed E-state index contributed by atoms with van der Waals surface area (Å²) in [4.78, 5) is 37.8. The van der Waals surface area contributed by atoms with E-state index in [4.69, 9.17) is 5.11 Å². The number of carbonyl (C=O) groups is 3. The highest BCUT2D eigenvalue weighted by molar-refractivity contribution is 7.13. The van der Waals surface area contributed by atoms with Crippen LogP contribution in [0.2, 0.25) is 0 Å². The molecular weight excluding hydrogens is 296 g/mol. The first-order chi connectivity index (χ1) is 9.95. The molecule has 1 aliphatic rings. The number of rotatable bonds is 5. The Morgan fingerprint density at radius 3 is 2.81 bits per heavy atom. The number of hydrogen-bond donors (Lipinski definition) is 4. The normalized spacial score (nSPS) is 17.4. The predicted molar refractivity (Wildman–Crippen MR) is 75.2 cm³/mol. The number of nitrogens with zero attached hydrogens (tertiary/aromatic N) is 1. The number of nitrogens with one attached hydrogen (secondary N) is 3. The molecule has 0 aliphatic carbocycles. The number of urea groups is 1. The summed E-state index contributed by atoms with van der Waals surface area (Å²) in [5.74, 6) is -1.01. The molecule has 1 aromatic heterocycles. The molecule has 0 bridgehead atoms. The number of carboxylic acids is 1. The maximum atomic E-state index is 11.6. The van der Waals surface area contributed by atoms with Gasteiger partial charge in [-0.05, 0) is 13.3 Å². The average molecular weight is 312 g/mol. The van der Waals surface area contributed by atoms with Crippen molar-refractivity contribution in [1.29, 1.82) is 0 Å². The van der Waals surface area contributed by atoms with Crippen molar-refractivity contribution in [3.63, 3.8) is 0 Å². The summed E-state index contributed by atoms with van der Waals surface area (Å²) < 4.78 is 0. The zero-order valence-corrected chi connectivity index (χ0v) is 12.2. The summed E-state index contributed by atoms with van der Waals surface area (Å²) in [5.41, 5.74) is 0.443. The lowest BCUT2D eigenvalue weighted by Crippen LogP contribution is -2.42. The number of amides is 3. The molecule has 8 nitrogen and oxygen atoms in total. The van der Waals surface area contributed by atoms with Gasteiger partial charge in [0.2, 0.25) is 5.91 Å². The van der Waals surface area contributed by atoms with Crippen molar-refractivity contribution in [3.05, 3.63) is 15.6 Å². The van der Waals surface area contributed by atoms with E-state index in [-0.39, 0.29) is 29.4 Å². The monoisotopic (exact) mass is 312 g/mol. The number of aromatic carboxylic acids is 1. The molecule has 2 heterocycles. The molecule has 21 heavy (non-hydrogen) atoms. The van der Waals surface area contributed by atoms with E-state index in [1.807, 2.05) is 0 Å². The maximum Gasteiger partial charge on any atom is 0.347 e. The summed E-state index contributed by atoms with van der Waals surface area (Å²) in [7, 11) is 0. The largest absolute Gasteiger partial charge is 0.477 e. The van der Waals surface area contributed by atoms with E-state index >= 15 is 0 Å². The summed E-state index contributed by atoms with van der Waals surface area (Å²) in [6.07, 6.45) is 1.21. The summed E-state index contributed by atoms with van der Waals surface area (Å²) in [6, 6.07) is -0.398. The lowest BCUT2D eigenvalue weighted by molar-refractivity contribution is -0.119. The van der Waals surface area contributed by atoms with Gasteiger partial charge in [0.25, 0.3) is 0 Å². The first-order valence-corrected chi connectivity index (χ1v) is 7.28. The van der Waals surface area contributed by atoms with Crippen LogP contribution in [0.4, 0.5) is 4.79 Å². The van der Waals surface area contributed by atoms with Crippen LogP contribution in [-0.2, 0) is 11.3 Å². The van der Waals surface area contributed by atoms with Gasteiger partial charge in [-0.1, -0.05) is 0 Å². The number of carbonyl (C=O) groups excluding carboxylic acids is 2. The van der Waals surface area contributed by atoms with Crippen LogP contribution in [0, 0.1) is 6.92 Å². The molecule has 1 aliphatic heterocycles. The second kappa shape index (κ2) is 6.53. The van der Waals surface area contributed by atoms with Gasteiger partial charge in [-0.25, -0.2) is 14.6 Å². The molecule has 0 aromatic carbocycles. The fourth-order valence-electron chi connectivity index (χ4n) is 1.99. The van der Waals surface area contributed by atoms with Gasteiger partial charge in [-0.15, -0.1) is 11.3 Å². The number of hydrogen-bond acceptors (Lipinski definition) is 5. The van der Waals surface area contributed by atoms with Crippen LogP contribution in [0.25, 0.3) is 0 Å². The van der Waals surface area contributed by atoms with Crippen molar-refractivity contribution in [2.75, 3.05) is 6.54 Å². The Kier molecular flexibility index (Phi) is 4.73. The Morgan fingerprint density at radius 1 is 1.48 bits per heavy atom. The molecule has 1 aromatic rings. The Labute approximate surface area is 124 Å². The molecule has 0 spiro atoms. The standard InChI is InChI=1S/C12H16N4O4S/c1-6-10(11(18)19)21-9(15-6)5-14-12(20)13-4-7-2-3-8(17)16-7/h7H,2-5H2,1H3,(H,16,17)(H,18,19)(H2,13,14,20). The molecule has 4 N–H and O–H groups in total. The van der Waals surface area contributed by atoms with Crippen LogP contribution < -0.4 is 16.0 Å². The number of thiazole rings is 1. The minimum atomic E-state index is -1.02. The van der Waals surface area contributed by atoms with Crippen molar-refractivity contribution in [3.8, 4) is 0 Å². The Bertz CT molecular complexity index is 572. The molecule has 9 heteroatoms. The lowest BCUT2D eigenvalue weighted by Gasteiger charge is -2.11. The molecule has 2 rings (SSSR count). The molecule has 1 fully saturated rings. The fraction of sp³-hybridized carbons (Fsp3) is 0.500. The fourth-order valence-corrected chi connectivity index (χ4v) is 2.83. The van der Waals surface area contributed by atoms with Gasteiger partial charge in [-0.3, -0.25) is 4.79 Å². The molecule has 1 atom stereocenters. The molecule has 114 valence electrons. The molecular formula is C12H16N4O4S. The van der Waals surface area contributed by atoms with Crippen LogP contribution in [0.3, 0.4) is 0 Å². The first-order valence-electron chi connectivity index (χ1n) is 6.46. The van der Waals surface area contributed by atoms with Crippen LogP contribution in [-0.4, -0.2) is 40.6 Å². The molecule has 3 amide bonds. The highest BCUT2D eigenvalue weighted by Crippen LogP contribution is 2.17. The SMILES string of the molecule is Cc1nc(CNC(=O)NCC2CCC(=O)N2)sc1C(=O)O. The van der Waals surface area contributed by atoms with Gasteiger partial charge in [0.1, 0.15) is 9.88 Å². The maximum absolute atomic E-state index is 11.6. The summed E-state index contributed by atoms with van der Waals surface area (Å²) >= 11 is 1.04. The highest BCUT2D eigenvalue weighted by atomic mass is 32.1. The second-order valence-corrected chi connectivity index (χ2v) is 5.78. The smallest absolute Gasteiger partial charge is 0.347 e. The zero-order chi connectivity index (χ0) is 15.4. The number of carboxylic acid groups (broad SMARTS) is 1. The highest BCUT2D eigenvalue weighted by Gasteiger charge is 2.21. The lowest BCUT2D eigenvalue weighted by atomic mass is 10.2. The van der Waals surface area contributed by atoms with E-state index in [1.165, 1.54) is 0 Å². The van der Waals surface area contributed by atoms with Crippen LogP contribution in [0.5, 0.6) is 0 Å². The van der Waals surface area contributed by atoms with Crippen molar-refractivity contribution >= 4 is 29.2 Å². The molecule has 0 saturated carbocycles. The third-order valence-electron chi connectivity index (χ3n) is 3.03. The van der Waals surface area contributed by atoms with E-state index in [0.717, 1.165) is 11.3 Å². The molecule has 0 radical (unpaired) electrons. The Balaban J connectivity index is 1.75. The predicted octanol–water partition coefficient (Wildman–Crippen LogP) is 0.228. The van der Waals surface area contributed by atoms with Crippen molar-refractivity contribution in [2.45, 2.75) is 32.4 Å². The van der Waals surface area contributed by atoms with Crippen LogP contribution in [0.15, 0.2) is 0 Å². The third kappa shape index (κ3) is 4.15. The van der Waals surface area contributed by atoms with Gasteiger partial charge >= 0.3 is 12.0 Å². The van der Waals surface area contributed by atoms with E-state index in [9.17, 15) is 14.4 Å². The quantitative estimate of drug-likeness (QED) is 0.620. The van der Waals surface area contributed by atoms with Gasteiger partial charge < -0.3 is 21.1 Å². The van der Waals surface area contributed by atoms with E-state index in [1.54, 1.807) is 6.92 Å². The topological polar surface area (TPSA) is 120 Å². The second-order valence-electron chi connectivity index (χ2n) is 4.69. The molecule has 1 unspecified atom stereocenters. The minimum absolute atomic E-state index is 0.00155. The van der Waals surface area contributed by atoms with Crippen molar-refractivity contribution in [2.24, 2.45) is 0 Å². The number of aromatic nitrogens is 1. The summed E-state index contributed by atoms with van der Waals surface area (Å²) in [5, 5.41) is 17.5. The van der Waals surface area contributed by atoms with Crippen molar-refractivity contribution in [1.82, 2.24) is 20.9 Å². The minimum Gasteiger partial charge on any atom is -0.477 e. The number of aryl methyl sites for hydroxylation is 1. The van der Waals surface area contributed by atoms with E-state index in [2.05, 4.69) is 20.9 Å². The van der Waals surface area contributed by atoms with Crippen molar-refractivity contribution < 1.29 is 19.5 Å². The van der Waals surface area contributed by atoms with Gasteiger partial charge in [0.15, 0.2) is 0 Å². The Hall–Kier alpha value is -2.16. The third-order valence-corrected chi connectivity index (χ3v) is 4.17. The summed E-state index contributed by atoms with van der Waals surface area (Å²) in [6.45, 7) is 2.16. The molecule has 1 saturated heterocycles. The van der Waals surface area contributed by atoms with Crippen LogP contribution >= 0.6 is 11.3 Å². The Morgan fingerprint density at radius 2 is 2.24 bits per heavy atom.